The molecule has 4 aromatic carbocycles. The number of hydrogen-bond acceptors (Lipinski definition) is 4. The summed E-state index contributed by atoms with van der Waals surface area (Å²) in [4.78, 5) is 38.9. The van der Waals surface area contributed by atoms with Gasteiger partial charge in [-0.2, -0.15) is 13.2 Å². The van der Waals surface area contributed by atoms with Crippen LogP contribution in [0.2, 0.25) is 0 Å². The minimum atomic E-state index is -4.46. The Kier molecular flexibility index (Phi) is 11.4. The van der Waals surface area contributed by atoms with Crippen LogP contribution in [0.1, 0.15) is 27.8 Å². The predicted octanol–water partition coefficient (Wildman–Crippen LogP) is 7.77. The molecule has 1 atom stereocenters. The number of rotatable bonds is 11. The maximum Gasteiger partial charge on any atom is 0.416 e. The zero-order valence-corrected chi connectivity index (χ0v) is 28.1. The Hall–Kier alpha value is -5.54. The van der Waals surface area contributed by atoms with E-state index in [1.165, 1.54) is 29.8 Å². The molecule has 1 aromatic heterocycles. The molecule has 0 spiro atoms. The summed E-state index contributed by atoms with van der Waals surface area (Å²) in [7, 11) is 0. The van der Waals surface area contributed by atoms with Gasteiger partial charge in [0.05, 0.1) is 11.3 Å². The van der Waals surface area contributed by atoms with Gasteiger partial charge in [0, 0.05) is 63.5 Å². The number of carbonyl (C=O) groups excluding carboxylic acids is 2. The first-order chi connectivity index (χ1) is 24.7. The van der Waals surface area contributed by atoms with Gasteiger partial charge in [0.2, 0.25) is 11.8 Å². The third kappa shape index (κ3) is 9.58. The Morgan fingerprint density at radius 2 is 1.35 bits per heavy atom. The van der Waals surface area contributed by atoms with Gasteiger partial charge in [-0.3, -0.25) is 19.5 Å². The molecule has 1 aliphatic heterocycles. The monoisotopic (exact) mass is 688 g/mol. The van der Waals surface area contributed by atoms with Crippen LogP contribution >= 0.6 is 0 Å². The molecule has 1 saturated heterocycles. The van der Waals surface area contributed by atoms with Crippen molar-refractivity contribution in [2.45, 2.75) is 31.7 Å². The number of amides is 2. The van der Waals surface area contributed by atoms with E-state index in [-0.39, 0.29) is 12.5 Å². The Balaban J connectivity index is 1.28. The summed E-state index contributed by atoms with van der Waals surface area (Å²) in [6.45, 7) is 3.41. The van der Waals surface area contributed by atoms with E-state index in [2.05, 4.69) is 22.0 Å². The van der Waals surface area contributed by atoms with E-state index in [0.29, 0.717) is 38.2 Å². The van der Waals surface area contributed by atoms with Crippen LogP contribution in [0.4, 0.5) is 13.2 Å². The summed E-state index contributed by atoms with van der Waals surface area (Å²) in [5.41, 5.74) is 4.36. The number of benzene rings is 4. The van der Waals surface area contributed by atoms with Crippen LogP contribution in [0.15, 0.2) is 140 Å². The number of nitrogens with zero attached hydrogens (tertiary/aromatic N) is 4. The second-order valence-electron chi connectivity index (χ2n) is 12.6. The van der Waals surface area contributed by atoms with Crippen molar-refractivity contribution in [3.8, 4) is 11.3 Å². The smallest absolute Gasteiger partial charge is 0.338 e. The molecule has 5 aromatic rings. The minimum absolute atomic E-state index is 0.139. The molecule has 0 bridgehead atoms. The maximum atomic E-state index is 14.5. The van der Waals surface area contributed by atoms with Crippen LogP contribution in [0.25, 0.3) is 17.3 Å². The van der Waals surface area contributed by atoms with Gasteiger partial charge in [-0.25, -0.2) is 0 Å². The fourth-order valence-electron chi connectivity index (χ4n) is 6.25. The lowest BCUT2D eigenvalue weighted by Crippen LogP contribution is -2.56. The molecular weight excluding hydrogens is 649 g/mol. The van der Waals surface area contributed by atoms with E-state index >= 15 is 0 Å². The summed E-state index contributed by atoms with van der Waals surface area (Å²) < 4.78 is 39.5. The van der Waals surface area contributed by atoms with E-state index in [4.69, 9.17) is 0 Å². The van der Waals surface area contributed by atoms with Crippen molar-refractivity contribution in [3.63, 3.8) is 0 Å². The van der Waals surface area contributed by atoms with E-state index < -0.39 is 23.7 Å². The highest BCUT2D eigenvalue weighted by Crippen LogP contribution is 2.29. The molecule has 260 valence electrons. The van der Waals surface area contributed by atoms with Gasteiger partial charge in [-0.15, -0.1) is 0 Å². The number of piperazine rings is 1. The number of aromatic nitrogens is 1. The number of hydrogen-bond donors (Lipinski definition) is 0. The first-order valence-corrected chi connectivity index (χ1v) is 17.0. The third-order valence-electron chi connectivity index (χ3n) is 9.07. The first-order valence-electron chi connectivity index (χ1n) is 17.0. The van der Waals surface area contributed by atoms with Crippen molar-refractivity contribution in [1.29, 1.82) is 0 Å². The molecular formula is C42H39F3N4O2. The normalized spacial score (nSPS) is 14.4. The molecule has 0 aliphatic carbocycles. The van der Waals surface area contributed by atoms with Crippen LogP contribution < -0.4 is 0 Å². The van der Waals surface area contributed by atoms with Gasteiger partial charge in [0.15, 0.2) is 0 Å². The van der Waals surface area contributed by atoms with E-state index in [1.54, 1.807) is 11.1 Å². The van der Waals surface area contributed by atoms with Gasteiger partial charge >= 0.3 is 6.18 Å². The number of pyridine rings is 1. The number of carbonyl (C=O) groups is 2. The largest absolute Gasteiger partial charge is 0.416 e. The highest BCUT2D eigenvalue weighted by Gasteiger charge is 2.34. The Bertz CT molecular complexity index is 1890. The van der Waals surface area contributed by atoms with Crippen molar-refractivity contribution in [2.24, 2.45) is 0 Å². The molecule has 2 amide bonds. The summed E-state index contributed by atoms with van der Waals surface area (Å²) in [6, 6.07) is 37.1. The summed E-state index contributed by atoms with van der Waals surface area (Å²) >= 11 is 0. The molecule has 1 aliphatic rings. The average molecular weight is 689 g/mol. The minimum Gasteiger partial charge on any atom is -0.338 e. The SMILES string of the molecule is O=C(C(Cc1ccccc1)N(Cc1ccc(-c2ccccn2)cc1)C(=O)C=Cc1ccc(C(F)(F)F)cc1)N1CCN(Cc2ccccc2)CC1. The van der Waals surface area contributed by atoms with Crippen LogP contribution in [0.3, 0.4) is 0 Å². The van der Waals surface area contributed by atoms with Gasteiger partial charge in [0.1, 0.15) is 6.04 Å². The highest BCUT2D eigenvalue weighted by molar-refractivity contribution is 5.95. The van der Waals surface area contributed by atoms with Crippen LogP contribution in [-0.2, 0) is 35.3 Å². The topological polar surface area (TPSA) is 56.8 Å². The number of halogens is 3. The van der Waals surface area contributed by atoms with Gasteiger partial charge < -0.3 is 9.80 Å². The maximum absolute atomic E-state index is 14.5. The molecule has 6 nitrogen and oxygen atoms in total. The van der Waals surface area contributed by atoms with E-state index in [1.807, 2.05) is 95.9 Å². The molecule has 0 saturated carbocycles. The molecule has 2 heterocycles. The standard InChI is InChI=1S/C42H39F3N4O2/c43-42(44,45)37-21-16-32(17-22-37)18-23-40(50)49(31-35-14-19-36(20-15-35)38-13-7-8-24-46-38)39(29-33-9-3-1-4-10-33)41(51)48-27-25-47(26-28-48)30-34-11-5-2-6-12-34/h1-24,39H,25-31H2. The van der Waals surface area contributed by atoms with E-state index in [0.717, 1.165) is 41.1 Å². The van der Waals surface area contributed by atoms with Crippen LogP contribution in [-0.4, -0.2) is 63.7 Å². The molecule has 1 fully saturated rings. The van der Waals surface area contributed by atoms with Crippen molar-refractivity contribution >= 4 is 17.9 Å². The lowest BCUT2D eigenvalue weighted by Gasteiger charge is -2.39. The Morgan fingerprint density at radius 3 is 1.96 bits per heavy atom. The molecule has 51 heavy (non-hydrogen) atoms. The Labute approximate surface area is 296 Å². The van der Waals surface area contributed by atoms with E-state index in [9.17, 15) is 22.8 Å². The van der Waals surface area contributed by atoms with Gasteiger partial charge in [0.25, 0.3) is 0 Å². The third-order valence-corrected chi connectivity index (χ3v) is 9.07. The first kappa shape index (κ1) is 35.3. The van der Waals surface area contributed by atoms with Crippen LogP contribution in [0.5, 0.6) is 0 Å². The summed E-state index contributed by atoms with van der Waals surface area (Å²) in [5, 5.41) is 0. The zero-order valence-electron chi connectivity index (χ0n) is 28.1. The zero-order chi connectivity index (χ0) is 35.6. The van der Waals surface area contributed by atoms with Crippen LogP contribution in [0, 0.1) is 0 Å². The lowest BCUT2D eigenvalue weighted by molar-refractivity contribution is -0.145. The summed E-state index contributed by atoms with van der Waals surface area (Å²) in [6.07, 6.45) is 0.405. The molecule has 6 rings (SSSR count). The second kappa shape index (κ2) is 16.4. The molecule has 0 radical (unpaired) electrons. The fourth-order valence-corrected chi connectivity index (χ4v) is 6.25. The molecule has 1 unspecified atom stereocenters. The lowest BCUT2D eigenvalue weighted by atomic mass is 10.0. The van der Waals surface area contributed by atoms with Crippen molar-refractivity contribution < 1.29 is 22.8 Å². The van der Waals surface area contributed by atoms with Crippen molar-refractivity contribution in [2.75, 3.05) is 26.2 Å². The second-order valence-corrected chi connectivity index (χ2v) is 12.6. The quantitative estimate of drug-likeness (QED) is 0.133. The van der Waals surface area contributed by atoms with Crippen molar-refractivity contribution in [1.82, 2.24) is 19.7 Å². The predicted molar refractivity (Wildman–Crippen MR) is 193 cm³/mol. The fraction of sp³-hybridized carbons (Fsp3) is 0.214. The van der Waals surface area contributed by atoms with Crippen molar-refractivity contribution in [3.05, 3.63) is 167 Å². The Morgan fingerprint density at radius 1 is 0.725 bits per heavy atom. The highest BCUT2D eigenvalue weighted by atomic mass is 19.4. The van der Waals surface area contributed by atoms with Gasteiger partial charge in [-0.1, -0.05) is 103 Å². The average Bonchev–Trinajstić information content (AvgIpc) is 3.16. The van der Waals surface area contributed by atoms with Gasteiger partial charge in [-0.05, 0) is 52.6 Å². The molecule has 0 N–H and O–H groups in total. The number of alkyl halides is 3. The molecule has 9 heteroatoms. The summed E-state index contributed by atoms with van der Waals surface area (Å²) in [5.74, 6) is -0.555.